The molecule has 0 aromatic heterocycles. The van der Waals surface area contributed by atoms with Gasteiger partial charge in [-0.3, -0.25) is 0 Å². The summed E-state index contributed by atoms with van der Waals surface area (Å²) in [5.74, 6) is 0. The van der Waals surface area contributed by atoms with Gasteiger partial charge in [0.25, 0.3) is 0 Å². The molecule has 3 nitrogen and oxygen atoms in total. The van der Waals surface area contributed by atoms with Gasteiger partial charge in [0.05, 0.1) is 0 Å². The number of urea groups is 1. The summed E-state index contributed by atoms with van der Waals surface area (Å²) in [7, 11) is 0. The molecule has 2 amide bonds. The molecule has 28 heavy (non-hydrogen) atoms. The Bertz CT molecular complexity index is 306. The first kappa shape index (κ1) is 27.3. The molecule has 0 saturated carbocycles. The summed E-state index contributed by atoms with van der Waals surface area (Å²) in [5.41, 5.74) is 0. The highest BCUT2D eigenvalue weighted by molar-refractivity contribution is 5.74. The standard InChI is InChI=1S/C25H52N2O/c1-4-7-10-13-14-15-16-19-22-26-25(28)27(23-20-17-11-8-5-2)24-21-18-12-9-6-3/h4-24H2,1-3H3,(H,26,28). The lowest BCUT2D eigenvalue weighted by molar-refractivity contribution is 0.195. The minimum Gasteiger partial charge on any atom is -0.338 e. The van der Waals surface area contributed by atoms with Crippen LogP contribution in [0, 0.1) is 0 Å². The highest BCUT2D eigenvalue weighted by Gasteiger charge is 2.12. The Morgan fingerprint density at radius 2 is 0.893 bits per heavy atom. The van der Waals surface area contributed by atoms with Crippen LogP contribution in [0.1, 0.15) is 136 Å². The van der Waals surface area contributed by atoms with Gasteiger partial charge in [-0.05, 0) is 19.3 Å². The second-order valence-corrected chi connectivity index (χ2v) is 8.52. The monoisotopic (exact) mass is 396 g/mol. The molecule has 0 aromatic rings. The van der Waals surface area contributed by atoms with Gasteiger partial charge in [0.2, 0.25) is 0 Å². The highest BCUT2D eigenvalue weighted by atomic mass is 16.2. The smallest absolute Gasteiger partial charge is 0.317 e. The van der Waals surface area contributed by atoms with Crippen molar-refractivity contribution < 1.29 is 4.79 Å². The fraction of sp³-hybridized carbons (Fsp3) is 0.960. The molecule has 0 aromatic carbocycles. The highest BCUT2D eigenvalue weighted by Crippen LogP contribution is 2.09. The number of rotatable bonds is 21. The number of amides is 2. The van der Waals surface area contributed by atoms with Crippen LogP contribution >= 0.6 is 0 Å². The maximum atomic E-state index is 12.6. The van der Waals surface area contributed by atoms with E-state index in [0.29, 0.717) is 0 Å². The van der Waals surface area contributed by atoms with Crippen LogP contribution < -0.4 is 5.32 Å². The average Bonchev–Trinajstić information content (AvgIpc) is 2.70. The topological polar surface area (TPSA) is 32.3 Å². The normalized spacial score (nSPS) is 11.0. The van der Waals surface area contributed by atoms with Crippen LogP contribution in [0.4, 0.5) is 4.79 Å². The zero-order valence-electron chi connectivity index (χ0n) is 19.7. The van der Waals surface area contributed by atoms with E-state index in [4.69, 9.17) is 0 Å². The Labute approximate surface area is 177 Å². The van der Waals surface area contributed by atoms with E-state index >= 15 is 0 Å². The number of hydrogen-bond donors (Lipinski definition) is 1. The van der Waals surface area contributed by atoms with E-state index in [1.165, 1.54) is 96.3 Å². The summed E-state index contributed by atoms with van der Waals surface area (Å²) in [6.07, 6.45) is 23.1. The fourth-order valence-corrected chi connectivity index (χ4v) is 3.69. The molecule has 0 aliphatic rings. The van der Waals surface area contributed by atoms with Crippen LogP contribution in [-0.4, -0.2) is 30.6 Å². The molecule has 0 heterocycles. The third-order valence-electron chi connectivity index (χ3n) is 5.66. The molecular weight excluding hydrogens is 344 g/mol. The van der Waals surface area contributed by atoms with Crippen molar-refractivity contribution in [1.82, 2.24) is 10.2 Å². The van der Waals surface area contributed by atoms with E-state index in [1.807, 2.05) is 0 Å². The molecule has 0 radical (unpaired) electrons. The predicted octanol–water partition coefficient (Wildman–Crippen LogP) is 8.08. The lowest BCUT2D eigenvalue weighted by atomic mass is 10.1. The van der Waals surface area contributed by atoms with E-state index in [1.54, 1.807) is 0 Å². The Morgan fingerprint density at radius 3 is 1.32 bits per heavy atom. The lowest BCUT2D eigenvalue weighted by Crippen LogP contribution is -2.41. The molecule has 0 bridgehead atoms. The first-order chi connectivity index (χ1) is 13.8. The van der Waals surface area contributed by atoms with E-state index in [2.05, 4.69) is 31.0 Å². The summed E-state index contributed by atoms with van der Waals surface area (Å²) in [6.45, 7) is 9.47. The van der Waals surface area contributed by atoms with E-state index in [0.717, 1.165) is 38.9 Å². The molecule has 0 rings (SSSR count). The Balaban J connectivity index is 3.92. The molecule has 0 saturated heterocycles. The lowest BCUT2D eigenvalue weighted by Gasteiger charge is -2.23. The number of nitrogens with zero attached hydrogens (tertiary/aromatic N) is 1. The summed E-state index contributed by atoms with van der Waals surface area (Å²) in [5, 5.41) is 3.19. The first-order valence-electron chi connectivity index (χ1n) is 12.8. The van der Waals surface area contributed by atoms with Crippen LogP contribution in [-0.2, 0) is 0 Å². The molecular formula is C25H52N2O. The molecule has 0 atom stereocenters. The van der Waals surface area contributed by atoms with Gasteiger partial charge in [-0.15, -0.1) is 0 Å². The third kappa shape index (κ3) is 18.6. The minimum atomic E-state index is 0.175. The van der Waals surface area contributed by atoms with Gasteiger partial charge in [-0.25, -0.2) is 4.79 Å². The van der Waals surface area contributed by atoms with Crippen molar-refractivity contribution in [3.8, 4) is 0 Å². The summed E-state index contributed by atoms with van der Waals surface area (Å²) < 4.78 is 0. The van der Waals surface area contributed by atoms with Crippen molar-refractivity contribution in [3.63, 3.8) is 0 Å². The molecule has 168 valence electrons. The van der Waals surface area contributed by atoms with Gasteiger partial charge < -0.3 is 10.2 Å². The predicted molar refractivity (Wildman–Crippen MR) is 125 cm³/mol. The Morgan fingerprint density at radius 1 is 0.536 bits per heavy atom. The van der Waals surface area contributed by atoms with E-state index < -0.39 is 0 Å². The quantitative estimate of drug-likeness (QED) is 0.195. The fourth-order valence-electron chi connectivity index (χ4n) is 3.69. The van der Waals surface area contributed by atoms with Crippen LogP contribution in [0.15, 0.2) is 0 Å². The minimum absolute atomic E-state index is 0.175. The molecule has 0 aliphatic carbocycles. The molecule has 0 aliphatic heterocycles. The van der Waals surface area contributed by atoms with Crippen LogP contribution in [0.25, 0.3) is 0 Å². The van der Waals surface area contributed by atoms with Crippen molar-refractivity contribution in [2.24, 2.45) is 0 Å². The van der Waals surface area contributed by atoms with Crippen molar-refractivity contribution in [1.29, 1.82) is 0 Å². The van der Waals surface area contributed by atoms with E-state index in [-0.39, 0.29) is 6.03 Å². The Kier molecular flexibility index (Phi) is 22.0. The maximum absolute atomic E-state index is 12.6. The number of unbranched alkanes of at least 4 members (excludes halogenated alkanes) is 15. The third-order valence-corrected chi connectivity index (χ3v) is 5.66. The van der Waals surface area contributed by atoms with Gasteiger partial charge in [-0.2, -0.15) is 0 Å². The van der Waals surface area contributed by atoms with Gasteiger partial charge in [0.1, 0.15) is 0 Å². The summed E-state index contributed by atoms with van der Waals surface area (Å²) >= 11 is 0. The van der Waals surface area contributed by atoms with Gasteiger partial charge in [-0.1, -0.05) is 117 Å². The number of nitrogens with one attached hydrogen (secondary N) is 1. The SMILES string of the molecule is CCCCCCCCCCNC(=O)N(CCCCCCC)CCCCCCC. The van der Waals surface area contributed by atoms with Gasteiger partial charge in [0, 0.05) is 19.6 Å². The zero-order chi connectivity index (χ0) is 20.7. The van der Waals surface area contributed by atoms with Crippen LogP contribution in [0.2, 0.25) is 0 Å². The van der Waals surface area contributed by atoms with Crippen molar-refractivity contribution in [3.05, 3.63) is 0 Å². The van der Waals surface area contributed by atoms with E-state index in [9.17, 15) is 4.79 Å². The zero-order valence-corrected chi connectivity index (χ0v) is 19.7. The Hall–Kier alpha value is -0.730. The molecule has 3 heteroatoms. The number of carbonyl (C=O) groups is 1. The number of hydrogen-bond acceptors (Lipinski definition) is 1. The van der Waals surface area contributed by atoms with Crippen molar-refractivity contribution in [2.45, 2.75) is 136 Å². The van der Waals surface area contributed by atoms with Crippen LogP contribution in [0.5, 0.6) is 0 Å². The molecule has 0 fully saturated rings. The van der Waals surface area contributed by atoms with Crippen molar-refractivity contribution in [2.75, 3.05) is 19.6 Å². The van der Waals surface area contributed by atoms with Gasteiger partial charge in [0.15, 0.2) is 0 Å². The van der Waals surface area contributed by atoms with Crippen molar-refractivity contribution >= 4 is 6.03 Å². The second-order valence-electron chi connectivity index (χ2n) is 8.52. The molecule has 0 unspecified atom stereocenters. The van der Waals surface area contributed by atoms with Gasteiger partial charge >= 0.3 is 6.03 Å². The molecule has 1 N–H and O–H groups in total. The largest absolute Gasteiger partial charge is 0.338 e. The molecule has 0 spiro atoms. The average molecular weight is 397 g/mol. The maximum Gasteiger partial charge on any atom is 0.317 e. The van der Waals surface area contributed by atoms with Crippen LogP contribution in [0.3, 0.4) is 0 Å². The second kappa shape index (κ2) is 22.6. The first-order valence-corrected chi connectivity index (χ1v) is 12.8. The summed E-state index contributed by atoms with van der Waals surface area (Å²) in [4.78, 5) is 14.7. The summed E-state index contributed by atoms with van der Waals surface area (Å²) in [6, 6.07) is 0.175. The number of carbonyl (C=O) groups excluding carboxylic acids is 1.